The summed E-state index contributed by atoms with van der Waals surface area (Å²) < 4.78 is 10.5. The lowest BCUT2D eigenvalue weighted by atomic mass is 10.2. The molecule has 34 heavy (non-hydrogen) atoms. The highest BCUT2D eigenvalue weighted by Crippen LogP contribution is 2.15. The van der Waals surface area contributed by atoms with Crippen LogP contribution >= 0.6 is 0 Å². The highest BCUT2D eigenvalue weighted by atomic mass is 16.5. The number of methoxy groups -OCH3 is 1. The van der Waals surface area contributed by atoms with Crippen molar-refractivity contribution in [1.29, 1.82) is 0 Å². The van der Waals surface area contributed by atoms with Gasteiger partial charge in [0.1, 0.15) is 11.5 Å². The molecule has 3 aromatic carbocycles. The average molecular weight is 460 g/mol. The normalized spacial score (nSPS) is 10.4. The van der Waals surface area contributed by atoms with E-state index in [1.165, 1.54) is 13.3 Å². The van der Waals surface area contributed by atoms with Gasteiger partial charge in [-0.25, -0.2) is 5.43 Å². The topological polar surface area (TPSA) is 118 Å². The number of benzene rings is 3. The molecule has 0 spiro atoms. The van der Waals surface area contributed by atoms with Gasteiger partial charge >= 0.3 is 11.8 Å². The fourth-order valence-electron chi connectivity index (χ4n) is 2.72. The summed E-state index contributed by atoms with van der Waals surface area (Å²) in [6.07, 6.45) is 1.38. The number of hydrogen-bond acceptors (Lipinski definition) is 6. The Hall–Kier alpha value is -4.66. The van der Waals surface area contributed by atoms with E-state index in [-0.39, 0.29) is 12.5 Å². The second-order valence-corrected chi connectivity index (χ2v) is 7.00. The van der Waals surface area contributed by atoms with Gasteiger partial charge in [0.2, 0.25) is 0 Å². The van der Waals surface area contributed by atoms with Gasteiger partial charge in [0, 0.05) is 12.2 Å². The summed E-state index contributed by atoms with van der Waals surface area (Å²) in [6.45, 7) is 0.321. The van der Waals surface area contributed by atoms with Gasteiger partial charge in [-0.05, 0) is 59.7 Å². The first-order chi connectivity index (χ1) is 16.5. The van der Waals surface area contributed by atoms with Crippen molar-refractivity contribution in [3.05, 3.63) is 90.0 Å². The summed E-state index contributed by atoms with van der Waals surface area (Å²) in [5, 5.41) is 9.02. The highest BCUT2D eigenvalue weighted by molar-refractivity contribution is 6.39. The number of ether oxygens (including phenoxy) is 2. The summed E-state index contributed by atoms with van der Waals surface area (Å²) in [7, 11) is 1.53. The Bertz CT molecular complexity index is 1130. The Kier molecular flexibility index (Phi) is 8.75. The molecule has 0 saturated carbocycles. The Labute approximate surface area is 196 Å². The van der Waals surface area contributed by atoms with Gasteiger partial charge in [0.25, 0.3) is 5.91 Å². The molecule has 0 radical (unpaired) electrons. The molecule has 0 atom stereocenters. The van der Waals surface area contributed by atoms with Gasteiger partial charge in [-0.3, -0.25) is 14.4 Å². The molecule has 3 amide bonds. The van der Waals surface area contributed by atoms with Crippen LogP contribution in [0, 0.1) is 0 Å². The number of anilines is 1. The minimum absolute atomic E-state index is 0.111. The molecule has 0 heterocycles. The van der Waals surface area contributed by atoms with Gasteiger partial charge in [-0.2, -0.15) is 5.10 Å². The maximum atomic E-state index is 11.9. The molecule has 0 unspecified atom stereocenters. The van der Waals surface area contributed by atoms with Gasteiger partial charge in [-0.15, -0.1) is 0 Å². The van der Waals surface area contributed by atoms with Crippen molar-refractivity contribution in [2.45, 2.75) is 6.54 Å². The van der Waals surface area contributed by atoms with Crippen LogP contribution in [0.5, 0.6) is 11.5 Å². The molecule has 0 saturated heterocycles. The second-order valence-electron chi connectivity index (χ2n) is 7.00. The molecule has 0 aliphatic carbocycles. The molecule has 3 N–H and O–H groups in total. The molecule has 3 aromatic rings. The van der Waals surface area contributed by atoms with Crippen LogP contribution in [0.2, 0.25) is 0 Å². The maximum Gasteiger partial charge on any atom is 0.329 e. The lowest BCUT2D eigenvalue weighted by Crippen LogP contribution is -2.32. The van der Waals surface area contributed by atoms with Crippen molar-refractivity contribution in [3.63, 3.8) is 0 Å². The van der Waals surface area contributed by atoms with Crippen molar-refractivity contribution in [2.75, 3.05) is 19.0 Å². The van der Waals surface area contributed by atoms with Crippen molar-refractivity contribution in [1.82, 2.24) is 10.7 Å². The van der Waals surface area contributed by atoms with Gasteiger partial charge in [0.05, 0.1) is 13.3 Å². The smallest absolute Gasteiger partial charge is 0.329 e. The van der Waals surface area contributed by atoms with Crippen LogP contribution in [-0.2, 0) is 20.9 Å². The molecule has 3 rings (SSSR count). The minimum Gasteiger partial charge on any atom is -0.497 e. The van der Waals surface area contributed by atoms with E-state index in [1.54, 1.807) is 48.5 Å². The average Bonchev–Trinajstić information content (AvgIpc) is 2.88. The van der Waals surface area contributed by atoms with E-state index in [2.05, 4.69) is 21.2 Å². The molecule has 9 heteroatoms. The zero-order valence-corrected chi connectivity index (χ0v) is 18.5. The first-order valence-electron chi connectivity index (χ1n) is 10.4. The van der Waals surface area contributed by atoms with Gasteiger partial charge in [-0.1, -0.05) is 30.3 Å². The van der Waals surface area contributed by atoms with Crippen LogP contribution < -0.4 is 25.5 Å². The predicted molar refractivity (Wildman–Crippen MR) is 128 cm³/mol. The van der Waals surface area contributed by atoms with Crippen LogP contribution in [-0.4, -0.2) is 37.7 Å². The van der Waals surface area contributed by atoms with E-state index in [4.69, 9.17) is 9.47 Å². The van der Waals surface area contributed by atoms with Crippen LogP contribution in [0.1, 0.15) is 11.1 Å². The fourth-order valence-corrected chi connectivity index (χ4v) is 2.72. The largest absolute Gasteiger partial charge is 0.497 e. The Morgan fingerprint density at radius 3 is 2.21 bits per heavy atom. The van der Waals surface area contributed by atoms with Crippen LogP contribution in [0.25, 0.3) is 0 Å². The van der Waals surface area contributed by atoms with Crippen molar-refractivity contribution in [2.24, 2.45) is 5.10 Å². The molecule has 0 aromatic heterocycles. The molecule has 0 aliphatic rings. The second kappa shape index (κ2) is 12.4. The Morgan fingerprint density at radius 1 is 0.853 bits per heavy atom. The summed E-state index contributed by atoms with van der Waals surface area (Å²) in [5.41, 5.74) is 4.29. The third kappa shape index (κ3) is 7.79. The molecule has 0 fully saturated rings. The van der Waals surface area contributed by atoms with E-state index < -0.39 is 11.8 Å². The van der Waals surface area contributed by atoms with E-state index in [0.29, 0.717) is 29.3 Å². The molecular formula is C25H24N4O5. The summed E-state index contributed by atoms with van der Waals surface area (Å²) in [4.78, 5) is 35.7. The van der Waals surface area contributed by atoms with Gasteiger partial charge in [0.15, 0.2) is 6.61 Å². The van der Waals surface area contributed by atoms with Gasteiger partial charge < -0.3 is 20.1 Å². The highest BCUT2D eigenvalue weighted by Gasteiger charge is 2.12. The van der Waals surface area contributed by atoms with E-state index in [1.807, 2.05) is 30.3 Å². The van der Waals surface area contributed by atoms with E-state index in [0.717, 1.165) is 5.56 Å². The zero-order valence-electron chi connectivity index (χ0n) is 18.5. The predicted octanol–water partition coefficient (Wildman–Crippen LogP) is 2.48. The van der Waals surface area contributed by atoms with E-state index in [9.17, 15) is 14.4 Å². The number of nitrogens with one attached hydrogen (secondary N) is 3. The monoisotopic (exact) mass is 460 g/mol. The van der Waals surface area contributed by atoms with Crippen LogP contribution in [0.4, 0.5) is 5.69 Å². The lowest BCUT2D eigenvalue weighted by molar-refractivity contribution is -0.136. The van der Waals surface area contributed by atoms with Crippen molar-refractivity contribution in [3.8, 4) is 11.5 Å². The summed E-state index contributed by atoms with van der Waals surface area (Å²) in [5.74, 6) is -0.847. The number of carbonyl (C=O) groups is 3. The Balaban J connectivity index is 1.39. The minimum atomic E-state index is -0.909. The third-order valence-electron chi connectivity index (χ3n) is 4.52. The number of hydrazone groups is 1. The summed E-state index contributed by atoms with van der Waals surface area (Å²) >= 11 is 0. The van der Waals surface area contributed by atoms with Crippen molar-refractivity contribution >= 4 is 29.6 Å². The van der Waals surface area contributed by atoms with E-state index >= 15 is 0 Å². The molecule has 0 aliphatic heterocycles. The fraction of sp³-hybridized carbons (Fsp3) is 0.120. The number of nitrogens with zero attached hydrogens (tertiary/aromatic N) is 1. The van der Waals surface area contributed by atoms with Crippen LogP contribution in [0.3, 0.4) is 0 Å². The Morgan fingerprint density at radius 2 is 1.53 bits per heavy atom. The molecule has 9 nitrogen and oxygen atoms in total. The maximum absolute atomic E-state index is 11.9. The number of hydrogen-bond donors (Lipinski definition) is 3. The number of rotatable bonds is 9. The SMILES string of the molecule is COc1ccc(NC(=O)C(=O)N/N=C\c2ccc(OCC(=O)NCc3ccccc3)cc2)cc1. The standard InChI is InChI=1S/C25H24N4O5/c1-33-21-13-9-20(10-14-21)28-24(31)25(32)29-27-16-19-7-11-22(12-8-19)34-17-23(30)26-15-18-5-3-2-4-6-18/h2-14,16H,15,17H2,1H3,(H,26,30)(H,28,31)(H,29,32)/b27-16-. The first-order valence-corrected chi connectivity index (χ1v) is 10.4. The number of amides is 3. The number of carbonyl (C=O) groups excluding carboxylic acids is 3. The first kappa shape index (κ1) is 24.0. The van der Waals surface area contributed by atoms with Crippen molar-refractivity contribution < 1.29 is 23.9 Å². The molecule has 0 bridgehead atoms. The quantitative estimate of drug-likeness (QED) is 0.258. The van der Waals surface area contributed by atoms with Crippen LogP contribution in [0.15, 0.2) is 84.0 Å². The zero-order chi connectivity index (χ0) is 24.2. The molecule has 174 valence electrons. The third-order valence-corrected chi connectivity index (χ3v) is 4.52. The lowest BCUT2D eigenvalue weighted by Gasteiger charge is -2.08. The molecular weight excluding hydrogens is 436 g/mol. The summed E-state index contributed by atoms with van der Waals surface area (Å²) in [6, 6.07) is 22.9.